The fourth-order valence-corrected chi connectivity index (χ4v) is 5.26. The molecule has 1 amide bonds. The minimum atomic E-state index is -4.45. The van der Waals surface area contributed by atoms with Crippen LogP contribution in [0.1, 0.15) is 31.5 Å². The molecule has 6 nitrogen and oxygen atoms in total. The third-order valence-electron chi connectivity index (χ3n) is 7.21. The fourth-order valence-electron chi connectivity index (χ4n) is 5.26. The number of carbonyl (C=O) groups excluding carboxylic acids is 1. The molecule has 1 saturated heterocycles. The molecule has 4 heterocycles. The van der Waals surface area contributed by atoms with Gasteiger partial charge >= 0.3 is 6.18 Å². The first-order valence-electron chi connectivity index (χ1n) is 12.2. The molecule has 1 aromatic carbocycles. The van der Waals surface area contributed by atoms with Crippen LogP contribution in [0.3, 0.4) is 0 Å². The van der Waals surface area contributed by atoms with Crippen molar-refractivity contribution in [3.8, 4) is 0 Å². The van der Waals surface area contributed by atoms with Gasteiger partial charge in [-0.05, 0) is 44.0 Å². The normalized spacial score (nSPS) is 21.6. The van der Waals surface area contributed by atoms with E-state index < -0.39 is 11.9 Å². The average molecular weight is 499 g/mol. The second-order valence-electron chi connectivity index (χ2n) is 9.64. The van der Waals surface area contributed by atoms with Crippen LogP contribution < -0.4 is 4.90 Å². The molecule has 5 rings (SSSR count). The SMILES string of the molecule is C[C@@H]1CN(c2ccc(C(F)(F)F)nc2)C[C@H](C)N1CC(=O)N1CC=C(c2cccc3ccoc23)CC1. The Kier molecular flexibility index (Phi) is 6.51. The van der Waals surface area contributed by atoms with Crippen LogP contribution in [0.15, 0.2) is 59.4 Å². The zero-order valence-corrected chi connectivity index (χ0v) is 20.3. The van der Waals surface area contributed by atoms with E-state index in [0.717, 1.165) is 29.0 Å². The molecule has 0 N–H and O–H groups in total. The van der Waals surface area contributed by atoms with Crippen molar-refractivity contribution < 1.29 is 22.4 Å². The summed E-state index contributed by atoms with van der Waals surface area (Å²) in [6.45, 7) is 6.85. The van der Waals surface area contributed by atoms with E-state index in [9.17, 15) is 18.0 Å². The van der Waals surface area contributed by atoms with Gasteiger partial charge in [0.05, 0.1) is 24.7 Å². The van der Waals surface area contributed by atoms with Crippen LogP contribution in [0.5, 0.6) is 0 Å². The van der Waals surface area contributed by atoms with Crippen molar-refractivity contribution >= 4 is 28.1 Å². The van der Waals surface area contributed by atoms with Crippen molar-refractivity contribution in [2.45, 2.75) is 38.5 Å². The summed E-state index contributed by atoms with van der Waals surface area (Å²) in [6.07, 6.45) is 1.41. The number of anilines is 1. The molecule has 2 atom stereocenters. The van der Waals surface area contributed by atoms with E-state index in [-0.39, 0.29) is 18.0 Å². The standard InChI is InChI=1S/C27H29F3N4O2/c1-18-15-33(22-6-7-24(31-14-22)27(28,29)30)16-19(2)34(18)17-25(35)32-11-8-20(9-12-32)23-5-3-4-21-10-13-36-26(21)23/h3-8,10,13-14,18-19H,9,11-12,15-17H2,1-2H3/t18-,19+. The van der Waals surface area contributed by atoms with E-state index in [1.165, 1.54) is 17.8 Å². The zero-order chi connectivity index (χ0) is 25.4. The molecule has 3 aromatic rings. The number of aromatic nitrogens is 1. The first-order valence-corrected chi connectivity index (χ1v) is 12.2. The Bertz CT molecular complexity index is 1260. The van der Waals surface area contributed by atoms with E-state index in [4.69, 9.17) is 4.42 Å². The number of rotatable bonds is 4. The highest BCUT2D eigenvalue weighted by molar-refractivity contribution is 5.90. The first kappa shape index (κ1) is 24.4. The number of alkyl halides is 3. The average Bonchev–Trinajstić information content (AvgIpc) is 3.35. The smallest absolute Gasteiger partial charge is 0.433 e. The number of para-hydroxylation sites is 1. The summed E-state index contributed by atoms with van der Waals surface area (Å²) < 4.78 is 44.2. The van der Waals surface area contributed by atoms with Gasteiger partial charge in [0.15, 0.2) is 0 Å². The summed E-state index contributed by atoms with van der Waals surface area (Å²) >= 11 is 0. The minimum absolute atomic E-state index is 0.0624. The zero-order valence-electron chi connectivity index (χ0n) is 20.3. The van der Waals surface area contributed by atoms with Gasteiger partial charge in [0.2, 0.25) is 5.91 Å². The van der Waals surface area contributed by atoms with Crippen LogP contribution in [0.25, 0.3) is 16.5 Å². The van der Waals surface area contributed by atoms with Crippen molar-refractivity contribution in [3.05, 3.63) is 66.2 Å². The largest absolute Gasteiger partial charge is 0.464 e. The molecule has 2 aromatic heterocycles. The van der Waals surface area contributed by atoms with Gasteiger partial charge in [0.1, 0.15) is 11.3 Å². The van der Waals surface area contributed by atoms with E-state index in [2.05, 4.69) is 22.0 Å². The highest BCUT2D eigenvalue weighted by Gasteiger charge is 2.34. The molecule has 0 bridgehead atoms. The van der Waals surface area contributed by atoms with Gasteiger partial charge in [-0.25, -0.2) is 4.98 Å². The Labute approximate surface area is 208 Å². The van der Waals surface area contributed by atoms with Crippen LogP contribution in [0, 0.1) is 0 Å². The summed E-state index contributed by atoms with van der Waals surface area (Å²) in [4.78, 5) is 22.9. The van der Waals surface area contributed by atoms with Gasteiger partial charge < -0.3 is 14.2 Å². The van der Waals surface area contributed by atoms with Crippen LogP contribution >= 0.6 is 0 Å². The number of hydrogen-bond donors (Lipinski definition) is 0. The molecule has 0 unspecified atom stereocenters. The fraction of sp³-hybridized carbons (Fsp3) is 0.407. The molecule has 0 radical (unpaired) electrons. The topological polar surface area (TPSA) is 52.8 Å². The van der Waals surface area contributed by atoms with Crippen LogP contribution in [-0.2, 0) is 11.0 Å². The van der Waals surface area contributed by atoms with Gasteiger partial charge in [-0.2, -0.15) is 13.2 Å². The van der Waals surface area contributed by atoms with Crippen LogP contribution in [-0.4, -0.2) is 65.5 Å². The van der Waals surface area contributed by atoms with Crippen molar-refractivity contribution in [1.82, 2.24) is 14.8 Å². The number of carbonyl (C=O) groups is 1. The maximum absolute atomic E-state index is 13.2. The molecule has 0 saturated carbocycles. The molecular formula is C27H29F3N4O2. The lowest BCUT2D eigenvalue weighted by molar-refractivity contribution is -0.141. The lowest BCUT2D eigenvalue weighted by atomic mass is 9.98. The van der Waals surface area contributed by atoms with Gasteiger partial charge in [0, 0.05) is 49.2 Å². The van der Waals surface area contributed by atoms with Crippen molar-refractivity contribution in [3.63, 3.8) is 0 Å². The maximum atomic E-state index is 13.2. The second-order valence-corrected chi connectivity index (χ2v) is 9.64. The summed E-state index contributed by atoms with van der Waals surface area (Å²) in [5.74, 6) is 0.0878. The van der Waals surface area contributed by atoms with Crippen LogP contribution in [0.4, 0.5) is 18.9 Å². The van der Waals surface area contributed by atoms with Gasteiger partial charge in [-0.3, -0.25) is 9.69 Å². The number of nitrogens with zero attached hydrogens (tertiary/aromatic N) is 4. The first-order chi connectivity index (χ1) is 17.2. The summed E-state index contributed by atoms with van der Waals surface area (Å²) in [5.41, 5.74) is 2.93. The Balaban J connectivity index is 1.20. The third kappa shape index (κ3) is 4.84. The number of benzene rings is 1. The number of fused-ring (bicyclic) bond motifs is 1. The number of pyridine rings is 1. The Morgan fingerprint density at radius 1 is 1.11 bits per heavy atom. The molecule has 36 heavy (non-hydrogen) atoms. The minimum Gasteiger partial charge on any atom is -0.464 e. The Morgan fingerprint density at radius 2 is 1.89 bits per heavy atom. The number of amides is 1. The molecule has 0 spiro atoms. The molecule has 0 aliphatic carbocycles. The lowest BCUT2D eigenvalue weighted by Crippen LogP contribution is -2.59. The number of halogens is 3. The second kappa shape index (κ2) is 9.61. The molecule has 1 fully saturated rings. The summed E-state index contributed by atoms with van der Waals surface area (Å²) in [7, 11) is 0. The predicted molar refractivity (Wildman–Crippen MR) is 132 cm³/mol. The van der Waals surface area contributed by atoms with Crippen molar-refractivity contribution in [2.75, 3.05) is 37.6 Å². The van der Waals surface area contributed by atoms with E-state index in [1.807, 2.05) is 41.8 Å². The van der Waals surface area contributed by atoms with E-state index >= 15 is 0 Å². The Morgan fingerprint density at radius 3 is 2.53 bits per heavy atom. The Hall–Kier alpha value is -3.33. The monoisotopic (exact) mass is 498 g/mol. The molecule has 190 valence electrons. The summed E-state index contributed by atoms with van der Waals surface area (Å²) in [6, 6.07) is 10.7. The van der Waals surface area contributed by atoms with Crippen molar-refractivity contribution in [1.29, 1.82) is 0 Å². The summed E-state index contributed by atoms with van der Waals surface area (Å²) in [5, 5.41) is 1.07. The molecular weight excluding hydrogens is 469 g/mol. The highest BCUT2D eigenvalue weighted by Crippen LogP contribution is 2.31. The van der Waals surface area contributed by atoms with E-state index in [1.54, 1.807) is 6.26 Å². The maximum Gasteiger partial charge on any atom is 0.433 e. The quantitative estimate of drug-likeness (QED) is 0.503. The number of furan rings is 1. The molecule has 2 aliphatic rings. The van der Waals surface area contributed by atoms with Gasteiger partial charge in [0.25, 0.3) is 0 Å². The van der Waals surface area contributed by atoms with E-state index in [0.29, 0.717) is 38.4 Å². The third-order valence-corrected chi connectivity index (χ3v) is 7.21. The van der Waals surface area contributed by atoms with Gasteiger partial charge in [-0.1, -0.05) is 24.3 Å². The van der Waals surface area contributed by atoms with Gasteiger partial charge in [-0.15, -0.1) is 0 Å². The molecule has 2 aliphatic heterocycles. The number of hydrogen-bond acceptors (Lipinski definition) is 5. The lowest BCUT2D eigenvalue weighted by Gasteiger charge is -2.45. The van der Waals surface area contributed by atoms with Crippen molar-refractivity contribution in [2.24, 2.45) is 0 Å². The highest BCUT2D eigenvalue weighted by atomic mass is 19.4. The molecule has 9 heteroatoms. The number of piperazine rings is 1. The van der Waals surface area contributed by atoms with Crippen LogP contribution in [0.2, 0.25) is 0 Å². The predicted octanol–water partition coefficient (Wildman–Crippen LogP) is 5.06.